The Morgan fingerprint density at radius 2 is 0.750 bits per heavy atom. The third kappa shape index (κ3) is 20.0. The number of aromatic amines is 8. The molecule has 6 aromatic rings. The Morgan fingerprint density at radius 3 is 0.909 bits per heavy atom. The number of H-pyrrole nitrogens is 8. The van der Waals surface area contributed by atoms with Crippen molar-refractivity contribution in [3.8, 4) is 0 Å². The Labute approximate surface area is 243 Å². The van der Waals surface area contributed by atoms with Crippen molar-refractivity contribution in [1.82, 2.24) is 49.8 Å². The highest BCUT2D eigenvalue weighted by Gasteiger charge is 1.79. The van der Waals surface area contributed by atoms with Crippen molar-refractivity contribution in [2.24, 2.45) is 0 Å². The third-order valence-electron chi connectivity index (χ3n) is 3.89. The van der Waals surface area contributed by atoms with Crippen LogP contribution in [0.25, 0.3) is 0 Å². The molecule has 0 bridgehead atoms. The minimum atomic E-state index is -0.475. The summed E-state index contributed by atoms with van der Waals surface area (Å²) in [6.07, 6.45) is 11.7. The molecule has 0 saturated heterocycles. The molecule has 0 aliphatic rings. The molecule has 44 heavy (non-hydrogen) atoms. The van der Waals surface area contributed by atoms with E-state index < -0.39 is 11.4 Å². The van der Waals surface area contributed by atoms with Crippen LogP contribution < -0.4 is 45.0 Å². The van der Waals surface area contributed by atoms with Gasteiger partial charge in [0.2, 0.25) is 11.1 Å². The van der Waals surface area contributed by atoms with Gasteiger partial charge in [-0.1, -0.05) is 12.1 Å². The zero-order chi connectivity index (χ0) is 32.4. The average molecular weight is 607 g/mol. The number of hydrogen-bond acceptors (Lipinski definition) is 10. The lowest BCUT2D eigenvalue weighted by molar-refractivity contribution is 1.04. The summed E-state index contributed by atoms with van der Waals surface area (Å²) in [5.41, 5.74) is -2.42. The van der Waals surface area contributed by atoms with Gasteiger partial charge in [0.1, 0.15) is 0 Å². The van der Waals surface area contributed by atoms with E-state index >= 15 is 0 Å². The van der Waals surface area contributed by atoms with Crippen molar-refractivity contribution < 1.29 is 0 Å². The molecule has 0 amide bonds. The zero-order valence-corrected chi connectivity index (χ0v) is 22.6. The van der Waals surface area contributed by atoms with Crippen LogP contribution in [0.3, 0.4) is 0 Å². The lowest BCUT2D eigenvalue weighted by atomic mass is 10.5. The molecule has 0 unspecified atom stereocenters. The van der Waals surface area contributed by atoms with Crippen molar-refractivity contribution in [3.63, 3.8) is 0 Å². The number of nitrogens with zero attached hydrogens (tertiary/aromatic N) is 2. The van der Waals surface area contributed by atoms with Crippen LogP contribution in [0.1, 0.15) is 0 Å². The second-order valence-electron chi connectivity index (χ2n) is 7.22. The van der Waals surface area contributed by atoms with Crippen molar-refractivity contribution in [2.45, 2.75) is 0 Å². The fraction of sp³-hybridized carbons (Fsp3) is 0. The summed E-state index contributed by atoms with van der Waals surface area (Å²) in [4.78, 5) is 106. The molecule has 0 aliphatic carbocycles. The average Bonchev–Trinajstić information content (AvgIpc) is 3.00. The Balaban J connectivity index is 0.000000264. The van der Waals surface area contributed by atoms with Gasteiger partial charge in [0.15, 0.2) is 0 Å². The molecule has 8 N–H and O–H groups in total. The molecule has 18 nitrogen and oxygen atoms in total. The second kappa shape index (κ2) is 21.8. The van der Waals surface area contributed by atoms with Crippen LogP contribution in [-0.4, -0.2) is 49.8 Å². The van der Waals surface area contributed by atoms with Crippen LogP contribution in [0.2, 0.25) is 0 Å². The summed E-state index contributed by atoms with van der Waals surface area (Å²) in [5.74, 6) is 0. The van der Waals surface area contributed by atoms with Crippen LogP contribution in [0.5, 0.6) is 0 Å². The molecule has 18 heteroatoms. The van der Waals surface area contributed by atoms with E-state index in [1.165, 1.54) is 61.4 Å². The molecule has 0 fully saturated rings. The van der Waals surface area contributed by atoms with Gasteiger partial charge in [0.05, 0.1) is 0 Å². The quantitative estimate of drug-likeness (QED) is 0.0981. The Kier molecular flexibility index (Phi) is 17.4. The topological polar surface area (TPSA) is 289 Å². The predicted molar refractivity (Wildman–Crippen MR) is 159 cm³/mol. The number of nitrogens with one attached hydrogen (secondary N) is 8. The minimum absolute atomic E-state index is 0.0532. The molecule has 0 atom stereocenters. The Bertz CT molecular complexity index is 1730. The smallest absolute Gasteiger partial charge is 0.329 e. The lowest BCUT2D eigenvalue weighted by Gasteiger charge is -1.75. The zero-order valence-electron chi connectivity index (χ0n) is 22.6. The standard InChI is InChI=1S/2C5H5NO.2C4H4N2O2.2C4H4N2O/c2*7-5-3-1-2-4-6-5;2*7-3-1-2-5-4(8)6-3;2*7-4-5-2-1-3-6-4/h2*1-4H,(H,6,7);2*1-2H,(H2,5,6,7,8);2*1-3H,(H,5,6,7). The molecule has 6 rings (SSSR count). The maximum absolute atomic E-state index is 10.2. The number of rotatable bonds is 0. The largest absolute Gasteiger partial charge is 0.344 e. The number of aromatic nitrogens is 10. The molecule has 0 spiro atoms. The molecule has 6 heterocycles. The summed E-state index contributed by atoms with van der Waals surface area (Å²) in [7, 11) is 0. The van der Waals surface area contributed by atoms with Crippen LogP contribution in [0, 0.1) is 0 Å². The first kappa shape index (κ1) is 35.0. The third-order valence-corrected chi connectivity index (χ3v) is 3.89. The van der Waals surface area contributed by atoms with Crippen LogP contribution in [0.15, 0.2) is 149 Å². The van der Waals surface area contributed by atoms with Crippen molar-refractivity contribution in [2.75, 3.05) is 0 Å². The van der Waals surface area contributed by atoms with Gasteiger partial charge in [-0.05, 0) is 24.3 Å². The molecule has 0 aliphatic heterocycles. The first-order chi connectivity index (χ1) is 21.2. The lowest BCUT2D eigenvalue weighted by Crippen LogP contribution is -2.19. The van der Waals surface area contributed by atoms with Gasteiger partial charge in [-0.15, -0.1) is 0 Å². The number of hydrogen-bond donors (Lipinski definition) is 8. The summed E-state index contributed by atoms with van der Waals surface area (Å²) < 4.78 is 0. The SMILES string of the molecule is O=c1cc[nH]c(=O)[nH]1.O=c1cc[nH]c(=O)[nH]1.O=c1cccc[nH]1.O=c1cccc[nH]1.O=c1nccc[nH]1.O=c1nccc[nH]1. The van der Waals surface area contributed by atoms with E-state index in [-0.39, 0.29) is 33.6 Å². The molecule has 0 saturated carbocycles. The predicted octanol–water partition coefficient (Wildman–Crippen LogP) is -1.58. The highest BCUT2D eigenvalue weighted by atomic mass is 16.2. The molecule has 0 aromatic carbocycles. The van der Waals surface area contributed by atoms with Gasteiger partial charge in [0, 0.05) is 73.8 Å². The van der Waals surface area contributed by atoms with E-state index in [4.69, 9.17) is 0 Å². The summed E-state index contributed by atoms with van der Waals surface area (Å²) in [5, 5.41) is 0. The van der Waals surface area contributed by atoms with Gasteiger partial charge in [0.25, 0.3) is 11.1 Å². The fourth-order valence-electron chi connectivity index (χ4n) is 2.14. The highest BCUT2D eigenvalue weighted by molar-refractivity contribution is 4.90. The summed E-state index contributed by atoms with van der Waals surface area (Å²) in [6.45, 7) is 0. The molecule has 0 radical (unpaired) electrons. The second-order valence-corrected chi connectivity index (χ2v) is 7.22. The minimum Gasteiger partial charge on any atom is -0.329 e. The van der Waals surface area contributed by atoms with Gasteiger partial charge in [-0.25, -0.2) is 29.1 Å². The van der Waals surface area contributed by atoms with E-state index in [9.17, 15) is 38.4 Å². The number of pyridine rings is 2. The maximum Gasteiger partial charge on any atom is 0.344 e. The maximum atomic E-state index is 10.2. The molecular formula is C26H26N10O8. The first-order valence-electron chi connectivity index (χ1n) is 12.0. The highest BCUT2D eigenvalue weighted by Crippen LogP contribution is 1.68. The van der Waals surface area contributed by atoms with Crippen molar-refractivity contribution in [1.29, 1.82) is 0 Å². The molecule has 228 valence electrons. The first-order valence-corrected chi connectivity index (χ1v) is 12.0. The Hall–Kier alpha value is -6.98. The molecule has 6 aromatic heterocycles. The van der Waals surface area contributed by atoms with Gasteiger partial charge >= 0.3 is 22.8 Å². The normalized spacial score (nSPS) is 8.73. The van der Waals surface area contributed by atoms with E-state index in [0.717, 1.165) is 0 Å². The summed E-state index contributed by atoms with van der Waals surface area (Å²) in [6, 6.07) is 15.6. The fourth-order valence-corrected chi connectivity index (χ4v) is 2.14. The van der Waals surface area contributed by atoms with Crippen molar-refractivity contribution in [3.05, 3.63) is 194 Å². The van der Waals surface area contributed by atoms with E-state index in [2.05, 4.69) is 39.9 Å². The Morgan fingerprint density at radius 1 is 0.364 bits per heavy atom. The van der Waals surface area contributed by atoms with Crippen molar-refractivity contribution >= 4 is 0 Å². The van der Waals surface area contributed by atoms with Gasteiger partial charge < -0.3 is 29.9 Å². The molecular weight excluding hydrogens is 580 g/mol. The van der Waals surface area contributed by atoms with Crippen LogP contribution in [0.4, 0.5) is 0 Å². The van der Waals surface area contributed by atoms with E-state index in [0.29, 0.717) is 0 Å². The van der Waals surface area contributed by atoms with Gasteiger partial charge in [-0.2, -0.15) is 0 Å². The van der Waals surface area contributed by atoms with Gasteiger partial charge in [-0.3, -0.25) is 29.1 Å². The van der Waals surface area contributed by atoms with E-state index in [1.54, 1.807) is 48.8 Å². The van der Waals surface area contributed by atoms with E-state index in [1.807, 2.05) is 9.97 Å². The monoisotopic (exact) mass is 606 g/mol. The van der Waals surface area contributed by atoms with Crippen LogP contribution in [-0.2, 0) is 0 Å². The summed E-state index contributed by atoms with van der Waals surface area (Å²) >= 11 is 0. The van der Waals surface area contributed by atoms with Crippen LogP contribution >= 0.6 is 0 Å².